The van der Waals surface area contributed by atoms with E-state index >= 15 is 0 Å². The van der Waals surface area contributed by atoms with Gasteiger partial charge in [-0.1, -0.05) is 23.7 Å². The Morgan fingerprint density at radius 3 is 2.65 bits per heavy atom. The van der Waals surface area contributed by atoms with Crippen LogP contribution in [0.25, 0.3) is 5.65 Å². The third-order valence-electron chi connectivity index (χ3n) is 4.54. The smallest absolute Gasteiger partial charge is 0.258 e. The Morgan fingerprint density at radius 2 is 1.87 bits per heavy atom. The van der Waals surface area contributed by atoms with E-state index in [0.29, 0.717) is 39.1 Å². The quantitative estimate of drug-likeness (QED) is 0.491. The van der Waals surface area contributed by atoms with E-state index in [4.69, 9.17) is 21.1 Å². The van der Waals surface area contributed by atoms with Gasteiger partial charge in [0.1, 0.15) is 23.8 Å². The highest BCUT2D eigenvalue weighted by atomic mass is 35.5. The van der Waals surface area contributed by atoms with Crippen molar-refractivity contribution in [3.05, 3.63) is 99.6 Å². The highest BCUT2D eigenvalue weighted by Crippen LogP contribution is 2.25. The third kappa shape index (κ3) is 4.67. The fraction of sp³-hybridized carbons (Fsp3) is 0.0870. The molecule has 0 aliphatic rings. The maximum Gasteiger partial charge on any atom is 0.258 e. The number of fused-ring (bicyclic) bond motifs is 1. The zero-order chi connectivity index (χ0) is 21.8. The van der Waals surface area contributed by atoms with Crippen LogP contribution in [-0.4, -0.2) is 22.4 Å². The summed E-state index contributed by atoms with van der Waals surface area (Å²) in [7, 11) is 1.57. The molecule has 8 heteroatoms. The van der Waals surface area contributed by atoms with Gasteiger partial charge in [-0.2, -0.15) is 0 Å². The van der Waals surface area contributed by atoms with Crippen molar-refractivity contribution in [2.24, 2.45) is 0 Å². The Balaban J connectivity index is 1.51. The van der Waals surface area contributed by atoms with Gasteiger partial charge in [-0.15, -0.1) is 0 Å². The summed E-state index contributed by atoms with van der Waals surface area (Å²) in [6.07, 6.45) is 1.51. The monoisotopic (exact) mass is 435 g/mol. The molecule has 0 saturated carbocycles. The van der Waals surface area contributed by atoms with E-state index in [1.54, 1.807) is 67.8 Å². The van der Waals surface area contributed by atoms with Crippen molar-refractivity contribution in [3.8, 4) is 11.5 Å². The topological polar surface area (TPSA) is 81.9 Å². The molecule has 4 aromatic rings. The molecule has 0 spiro atoms. The molecular weight excluding hydrogens is 418 g/mol. The number of halogens is 1. The zero-order valence-corrected chi connectivity index (χ0v) is 17.3. The largest absolute Gasteiger partial charge is 0.497 e. The molecule has 156 valence electrons. The first kappa shape index (κ1) is 20.4. The summed E-state index contributed by atoms with van der Waals surface area (Å²) in [5, 5.41) is 3.29. The number of para-hydroxylation sites is 2. The number of carbonyl (C=O) groups is 1. The first-order valence-electron chi connectivity index (χ1n) is 9.38. The number of hydrogen-bond donors (Lipinski definition) is 1. The van der Waals surface area contributed by atoms with Crippen molar-refractivity contribution in [1.29, 1.82) is 0 Å². The van der Waals surface area contributed by atoms with Gasteiger partial charge in [0.05, 0.1) is 23.5 Å². The van der Waals surface area contributed by atoms with Gasteiger partial charge < -0.3 is 14.8 Å². The summed E-state index contributed by atoms with van der Waals surface area (Å²) in [5.74, 6) is 0.849. The molecule has 0 fully saturated rings. The van der Waals surface area contributed by atoms with E-state index in [0.717, 1.165) is 0 Å². The molecule has 1 N–H and O–H groups in total. The number of benzene rings is 2. The van der Waals surface area contributed by atoms with E-state index in [-0.39, 0.29) is 18.1 Å². The SMILES string of the molecule is COc1ccc(C(=O)Nc2ccccc2OCc2cc(=O)n3cc(Cl)ccc3n2)cc1. The first-order chi connectivity index (χ1) is 15.0. The van der Waals surface area contributed by atoms with Gasteiger partial charge in [-0.05, 0) is 48.5 Å². The Bertz CT molecular complexity index is 1300. The number of pyridine rings is 1. The highest BCUT2D eigenvalue weighted by Gasteiger charge is 2.11. The lowest BCUT2D eigenvalue weighted by molar-refractivity contribution is 0.102. The molecule has 1 amide bonds. The number of ether oxygens (including phenoxy) is 2. The number of nitrogens with zero attached hydrogens (tertiary/aromatic N) is 2. The standard InChI is InChI=1S/C23H18ClN3O4/c1-30-18-9-6-15(7-10-18)23(29)26-19-4-2-3-5-20(19)31-14-17-12-22(28)27-13-16(24)8-11-21(27)25-17/h2-13H,14H2,1H3,(H,26,29). The molecule has 0 radical (unpaired) electrons. The molecule has 7 nitrogen and oxygen atoms in total. The maximum absolute atomic E-state index is 12.6. The lowest BCUT2D eigenvalue weighted by Gasteiger charge is -2.13. The molecule has 4 rings (SSSR count). The van der Waals surface area contributed by atoms with Crippen molar-refractivity contribution >= 4 is 28.8 Å². The van der Waals surface area contributed by atoms with Gasteiger partial charge in [0.2, 0.25) is 0 Å². The van der Waals surface area contributed by atoms with Gasteiger partial charge in [-0.25, -0.2) is 4.98 Å². The van der Waals surface area contributed by atoms with Gasteiger partial charge in [-0.3, -0.25) is 14.0 Å². The Labute approximate surface area is 182 Å². The molecule has 0 bridgehead atoms. The van der Waals surface area contributed by atoms with Crippen molar-refractivity contribution in [3.63, 3.8) is 0 Å². The summed E-state index contributed by atoms with van der Waals surface area (Å²) in [6, 6.07) is 18.6. The predicted octanol–water partition coefficient (Wildman–Crippen LogP) is 4.19. The van der Waals surface area contributed by atoms with Crippen LogP contribution in [-0.2, 0) is 6.61 Å². The predicted molar refractivity (Wildman–Crippen MR) is 118 cm³/mol. The second-order valence-corrected chi connectivity index (χ2v) is 7.07. The fourth-order valence-corrected chi connectivity index (χ4v) is 3.14. The highest BCUT2D eigenvalue weighted by molar-refractivity contribution is 6.30. The third-order valence-corrected chi connectivity index (χ3v) is 4.76. The van der Waals surface area contributed by atoms with Crippen LogP contribution in [0.2, 0.25) is 5.02 Å². The van der Waals surface area contributed by atoms with Crippen LogP contribution < -0.4 is 20.3 Å². The van der Waals surface area contributed by atoms with E-state index in [1.807, 2.05) is 0 Å². The average molecular weight is 436 g/mol. The molecule has 0 unspecified atom stereocenters. The van der Waals surface area contributed by atoms with Crippen molar-refractivity contribution < 1.29 is 14.3 Å². The van der Waals surface area contributed by atoms with Crippen LogP contribution in [0.15, 0.2) is 77.7 Å². The van der Waals surface area contributed by atoms with E-state index in [1.165, 1.54) is 16.7 Å². The van der Waals surface area contributed by atoms with Crippen LogP contribution in [0.4, 0.5) is 5.69 Å². The van der Waals surface area contributed by atoms with Crippen LogP contribution >= 0.6 is 11.6 Å². The minimum absolute atomic E-state index is 0.0593. The summed E-state index contributed by atoms with van der Waals surface area (Å²) in [5.41, 5.74) is 1.67. The molecule has 0 atom stereocenters. The maximum atomic E-state index is 12.6. The molecule has 2 heterocycles. The average Bonchev–Trinajstić information content (AvgIpc) is 2.79. The number of rotatable bonds is 6. The molecule has 2 aromatic carbocycles. The van der Waals surface area contributed by atoms with Gasteiger partial charge >= 0.3 is 0 Å². The number of nitrogens with one attached hydrogen (secondary N) is 1. The van der Waals surface area contributed by atoms with Gasteiger partial charge in [0, 0.05) is 17.8 Å². The molecular formula is C23H18ClN3O4. The van der Waals surface area contributed by atoms with Crippen molar-refractivity contribution in [2.75, 3.05) is 12.4 Å². The fourth-order valence-electron chi connectivity index (χ4n) is 2.98. The normalized spacial score (nSPS) is 10.6. The molecule has 31 heavy (non-hydrogen) atoms. The van der Waals surface area contributed by atoms with Crippen LogP contribution in [0.3, 0.4) is 0 Å². The van der Waals surface area contributed by atoms with Crippen molar-refractivity contribution in [1.82, 2.24) is 9.38 Å². The number of aromatic nitrogens is 2. The summed E-state index contributed by atoms with van der Waals surface area (Å²) in [4.78, 5) is 29.3. The van der Waals surface area contributed by atoms with E-state index in [2.05, 4.69) is 10.3 Å². The first-order valence-corrected chi connectivity index (χ1v) is 9.76. The second kappa shape index (κ2) is 8.89. The minimum Gasteiger partial charge on any atom is -0.497 e. The lowest BCUT2D eigenvalue weighted by Crippen LogP contribution is -2.16. The van der Waals surface area contributed by atoms with E-state index in [9.17, 15) is 9.59 Å². The number of hydrogen-bond acceptors (Lipinski definition) is 5. The minimum atomic E-state index is -0.280. The van der Waals surface area contributed by atoms with E-state index < -0.39 is 0 Å². The van der Waals surface area contributed by atoms with Crippen LogP contribution in [0, 0.1) is 0 Å². The lowest BCUT2D eigenvalue weighted by atomic mass is 10.2. The zero-order valence-electron chi connectivity index (χ0n) is 16.5. The number of methoxy groups -OCH3 is 1. The summed E-state index contributed by atoms with van der Waals surface area (Å²) in [6.45, 7) is 0.0593. The van der Waals surface area contributed by atoms with Gasteiger partial charge in [0.15, 0.2) is 0 Å². The number of carbonyl (C=O) groups excluding carboxylic acids is 1. The molecule has 2 aromatic heterocycles. The Hall–Kier alpha value is -3.84. The Kier molecular flexibility index (Phi) is 5.86. The van der Waals surface area contributed by atoms with Crippen LogP contribution in [0.1, 0.15) is 16.1 Å². The summed E-state index contributed by atoms with van der Waals surface area (Å²) < 4.78 is 12.3. The molecule has 0 aliphatic carbocycles. The summed E-state index contributed by atoms with van der Waals surface area (Å²) >= 11 is 5.94. The molecule has 0 saturated heterocycles. The second-order valence-electron chi connectivity index (χ2n) is 6.63. The Morgan fingerprint density at radius 1 is 1.10 bits per heavy atom. The number of amides is 1. The molecule has 0 aliphatic heterocycles. The van der Waals surface area contributed by atoms with Crippen LogP contribution in [0.5, 0.6) is 11.5 Å². The van der Waals surface area contributed by atoms with Crippen molar-refractivity contribution in [2.45, 2.75) is 6.61 Å². The van der Waals surface area contributed by atoms with Gasteiger partial charge in [0.25, 0.3) is 11.5 Å². The number of anilines is 1.